The van der Waals surface area contributed by atoms with Crippen molar-refractivity contribution in [2.45, 2.75) is 32.2 Å². The molecule has 0 aromatic heterocycles. The molecule has 1 N–H and O–H groups in total. The predicted octanol–water partition coefficient (Wildman–Crippen LogP) is 3.10. The Morgan fingerprint density at radius 1 is 1.19 bits per heavy atom. The molecule has 146 valence electrons. The predicted molar refractivity (Wildman–Crippen MR) is 114 cm³/mol. The Balaban J connectivity index is 0.00000338. The maximum absolute atomic E-state index is 13.0. The molecule has 1 amide bonds. The fraction of sp³-hybridized carbons (Fsp3) is 0.579. The summed E-state index contributed by atoms with van der Waals surface area (Å²) in [6, 6.07) is 6.46. The summed E-state index contributed by atoms with van der Waals surface area (Å²) in [5.41, 5.74) is 0.669. The second-order valence-corrected chi connectivity index (χ2v) is 7.07. The number of nitrogens with one attached hydrogen (secondary N) is 1. The summed E-state index contributed by atoms with van der Waals surface area (Å²) in [5.74, 6) is 0.690. The quantitative estimate of drug-likeness (QED) is 0.404. The number of hydrogen-bond acceptors (Lipinski definition) is 2. The number of amides is 1. The number of nitrogens with zero attached hydrogens (tertiary/aromatic N) is 3. The van der Waals surface area contributed by atoms with Gasteiger partial charge in [0.2, 0.25) is 5.91 Å². The van der Waals surface area contributed by atoms with E-state index in [0.29, 0.717) is 13.1 Å². The van der Waals surface area contributed by atoms with Gasteiger partial charge in [0.25, 0.3) is 0 Å². The van der Waals surface area contributed by atoms with Crippen LogP contribution in [0.15, 0.2) is 29.3 Å². The lowest BCUT2D eigenvalue weighted by Crippen LogP contribution is -2.49. The van der Waals surface area contributed by atoms with E-state index in [1.807, 2.05) is 26.0 Å². The summed E-state index contributed by atoms with van der Waals surface area (Å²) in [6.07, 6.45) is 4.00. The molecule has 0 radical (unpaired) electrons. The van der Waals surface area contributed by atoms with Gasteiger partial charge in [-0.2, -0.15) is 0 Å². The van der Waals surface area contributed by atoms with Gasteiger partial charge in [-0.25, -0.2) is 4.39 Å². The summed E-state index contributed by atoms with van der Waals surface area (Å²) in [7, 11) is 7.31. The Bertz CT molecular complexity index is 612. The van der Waals surface area contributed by atoms with Gasteiger partial charge in [0.05, 0.1) is 5.41 Å². The second-order valence-electron chi connectivity index (χ2n) is 7.07. The minimum absolute atomic E-state index is 0. The largest absolute Gasteiger partial charge is 0.355 e. The Kier molecular flexibility index (Phi) is 8.79. The van der Waals surface area contributed by atoms with E-state index >= 15 is 0 Å². The first-order valence-corrected chi connectivity index (χ1v) is 8.76. The Morgan fingerprint density at radius 3 is 2.27 bits per heavy atom. The van der Waals surface area contributed by atoms with Crippen LogP contribution in [0.5, 0.6) is 0 Å². The van der Waals surface area contributed by atoms with E-state index in [1.54, 1.807) is 24.1 Å². The van der Waals surface area contributed by atoms with Gasteiger partial charge >= 0.3 is 0 Å². The molecule has 0 bridgehead atoms. The molecule has 1 saturated carbocycles. The maximum atomic E-state index is 13.0. The van der Waals surface area contributed by atoms with Crippen molar-refractivity contribution in [3.63, 3.8) is 0 Å². The van der Waals surface area contributed by atoms with Gasteiger partial charge in [0.15, 0.2) is 5.96 Å². The third kappa shape index (κ3) is 5.56. The molecule has 0 atom stereocenters. The third-order valence-corrected chi connectivity index (χ3v) is 4.91. The van der Waals surface area contributed by atoms with Crippen LogP contribution >= 0.6 is 24.0 Å². The minimum Gasteiger partial charge on any atom is -0.355 e. The van der Waals surface area contributed by atoms with Crippen LogP contribution < -0.4 is 5.32 Å². The van der Waals surface area contributed by atoms with Crippen molar-refractivity contribution in [1.82, 2.24) is 15.1 Å². The first-order valence-electron chi connectivity index (χ1n) is 8.76. The molecule has 0 heterocycles. The number of rotatable bonds is 5. The lowest BCUT2D eigenvalue weighted by atomic mass is 9.84. The van der Waals surface area contributed by atoms with Crippen molar-refractivity contribution in [3.8, 4) is 0 Å². The molecule has 1 fully saturated rings. The molecule has 0 unspecified atom stereocenters. The van der Waals surface area contributed by atoms with Crippen LogP contribution in [0.4, 0.5) is 4.39 Å². The van der Waals surface area contributed by atoms with E-state index in [0.717, 1.165) is 37.2 Å². The maximum Gasteiger partial charge on any atom is 0.230 e. The van der Waals surface area contributed by atoms with Crippen molar-refractivity contribution >= 4 is 35.8 Å². The summed E-state index contributed by atoms with van der Waals surface area (Å²) in [5, 5.41) is 3.37. The van der Waals surface area contributed by atoms with Gasteiger partial charge in [0.1, 0.15) is 5.82 Å². The van der Waals surface area contributed by atoms with Crippen molar-refractivity contribution < 1.29 is 9.18 Å². The molecule has 1 aromatic rings. The highest BCUT2D eigenvalue weighted by Gasteiger charge is 2.42. The van der Waals surface area contributed by atoms with Crippen LogP contribution in [-0.2, 0) is 11.3 Å². The van der Waals surface area contributed by atoms with Crippen molar-refractivity contribution in [2.75, 3.05) is 34.7 Å². The molecule has 0 aliphatic heterocycles. The lowest BCUT2D eigenvalue weighted by molar-refractivity contribution is -0.138. The molecule has 0 spiro atoms. The Hall–Kier alpha value is -1.38. The van der Waals surface area contributed by atoms with E-state index in [1.165, 1.54) is 12.1 Å². The molecule has 7 heteroatoms. The minimum atomic E-state index is -0.337. The highest BCUT2D eigenvalue weighted by atomic mass is 127. The van der Waals surface area contributed by atoms with Gasteiger partial charge < -0.3 is 15.1 Å². The van der Waals surface area contributed by atoms with Gasteiger partial charge in [0, 0.05) is 41.3 Å². The highest BCUT2D eigenvalue weighted by Crippen LogP contribution is 2.38. The van der Waals surface area contributed by atoms with E-state index in [9.17, 15) is 9.18 Å². The van der Waals surface area contributed by atoms with Crippen LogP contribution in [-0.4, -0.2) is 56.4 Å². The summed E-state index contributed by atoms with van der Waals surface area (Å²) < 4.78 is 13.0. The molecule has 26 heavy (non-hydrogen) atoms. The normalized spacial score (nSPS) is 16.0. The van der Waals surface area contributed by atoms with Crippen molar-refractivity contribution in [3.05, 3.63) is 35.6 Å². The fourth-order valence-corrected chi connectivity index (χ4v) is 3.56. The summed E-state index contributed by atoms with van der Waals surface area (Å²) in [6.45, 7) is 1.21. The molecule has 1 aliphatic carbocycles. The monoisotopic (exact) mass is 476 g/mol. The zero-order valence-electron chi connectivity index (χ0n) is 16.1. The number of halogens is 2. The molecule has 1 aromatic carbocycles. The first kappa shape index (κ1) is 22.7. The Labute approximate surface area is 173 Å². The number of carbonyl (C=O) groups is 1. The van der Waals surface area contributed by atoms with Crippen LogP contribution in [0.25, 0.3) is 0 Å². The lowest BCUT2D eigenvalue weighted by Gasteiger charge is -2.32. The van der Waals surface area contributed by atoms with Crippen LogP contribution in [0, 0.1) is 11.2 Å². The number of hydrogen-bond donors (Lipinski definition) is 1. The molecule has 5 nitrogen and oxygen atoms in total. The molecular formula is C19H30FIN4O. The zero-order valence-corrected chi connectivity index (χ0v) is 18.4. The van der Waals surface area contributed by atoms with E-state index < -0.39 is 0 Å². The van der Waals surface area contributed by atoms with Crippen molar-refractivity contribution in [1.29, 1.82) is 0 Å². The van der Waals surface area contributed by atoms with Gasteiger partial charge in [-0.15, -0.1) is 24.0 Å². The van der Waals surface area contributed by atoms with E-state index in [-0.39, 0.29) is 41.1 Å². The fourth-order valence-electron chi connectivity index (χ4n) is 3.56. The van der Waals surface area contributed by atoms with Gasteiger partial charge in [-0.1, -0.05) is 25.0 Å². The third-order valence-electron chi connectivity index (χ3n) is 4.91. The molecule has 0 saturated heterocycles. The first-order chi connectivity index (χ1) is 11.9. The summed E-state index contributed by atoms with van der Waals surface area (Å²) >= 11 is 0. The average molecular weight is 476 g/mol. The number of benzene rings is 1. The van der Waals surface area contributed by atoms with Crippen LogP contribution in [0.1, 0.15) is 31.2 Å². The highest BCUT2D eigenvalue weighted by molar-refractivity contribution is 14.0. The molecule has 1 aliphatic rings. The second kappa shape index (κ2) is 10.1. The number of guanidine groups is 1. The van der Waals surface area contributed by atoms with Crippen LogP contribution in [0.3, 0.4) is 0 Å². The van der Waals surface area contributed by atoms with E-state index in [4.69, 9.17) is 0 Å². The van der Waals surface area contributed by atoms with Crippen LogP contribution in [0.2, 0.25) is 0 Å². The summed E-state index contributed by atoms with van der Waals surface area (Å²) in [4.78, 5) is 20.7. The standard InChI is InChI=1S/C19H29FN4O.HI/c1-21-18(24(4)13-15-7-9-16(20)10-8-15)22-14-19(11-5-6-12-19)17(25)23(2)3;/h7-10H,5-6,11-14H2,1-4H3,(H,21,22);1H. The van der Waals surface area contributed by atoms with Crippen molar-refractivity contribution in [2.24, 2.45) is 10.4 Å². The van der Waals surface area contributed by atoms with E-state index in [2.05, 4.69) is 10.3 Å². The number of carbonyl (C=O) groups excluding carboxylic acids is 1. The average Bonchev–Trinajstić information content (AvgIpc) is 3.06. The number of aliphatic imine (C=N–C) groups is 1. The Morgan fingerprint density at radius 2 is 1.77 bits per heavy atom. The molecule has 2 rings (SSSR count). The SMILES string of the molecule is CN=C(NCC1(C(=O)N(C)C)CCCC1)N(C)Cc1ccc(F)cc1.I. The zero-order chi connectivity index (χ0) is 18.4. The van der Waals surface area contributed by atoms with Gasteiger partial charge in [-0.05, 0) is 30.5 Å². The topological polar surface area (TPSA) is 47.9 Å². The smallest absolute Gasteiger partial charge is 0.230 e. The van der Waals surface area contributed by atoms with Gasteiger partial charge in [-0.3, -0.25) is 9.79 Å². The molecular weight excluding hydrogens is 446 g/mol.